The number of pyridine rings is 1. The van der Waals surface area contributed by atoms with E-state index in [1.807, 2.05) is 41.3 Å². The van der Waals surface area contributed by atoms with Crippen LogP contribution in [0.5, 0.6) is 0 Å². The molecule has 8 heteroatoms. The van der Waals surface area contributed by atoms with Crippen molar-refractivity contribution in [1.29, 1.82) is 0 Å². The van der Waals surface area contributed by atoms with Crippen LogP contribution >= 0.6 is 23.8 Å². The van der Waals surface area contributed by atoms with E-state index in [2.05, 4.69) is 41.7 Å². The lowest BCUT2D eigenvalue weighted by molar-refractivity contribution is -0.143. The van der Waals surface area contributed by atoms with Gasteiger partial charge in [0.2, 0.25) is 0 Å². The molecule has 0 unspecified atom stereocenters. The van der Waals surface area contributed by atoms with Gasteiger partial charge in [-0.05, 0) is 81.4 Å². The molecule has 1 saturated heterocycles. The molecule has 0 amide bonds. The maximum Gasteiger partial charge on any atom is 0.325 e. The zero-order chi connectivity index (χ0) is 23.7. The maximum absolute atomic E-state index is 12.4. The van der Waals surface area contributed by atoms with Gasteiger partial charge in [0, 0.05) is 28.3 Å². The first-order valence-electron chi connectivity index (χ1n) is 10.9. The van der Waals surface area contributed by atoms with Gasteiger partial charge in [0.1, 0.15) is 6.54 Å². The second-order valence-corrected chi connectivity index (χ2v) is 8.98. The fraction of sp³-hybridized carbons (Fsp3) is 0.320. The molecule has 1 aromatic carbocycles. The number of hydrogen-bond donors (Lipinski definition) is 1. The number of thiocarbonyl (C=S) groups is 1. The van der Waals surface area contributed by atoms with Crippen molar-refractivity contribution in [3.8, 4) is 5.69 Å². The predicted molar refractivity (Wildman–Crippen MR) is 134 cm³/mol. The van der Waals surface area contributed by atoms with Crippen LogP contribution in [-0.4, -0.2) is 38.7 Å². The lowest BCUT2D eigenvalue weighted by Gasteiger charge is -2.27. The minimum absolute atomic E-state index is 0.0630. The van der Waals surface area contributed by atoms with Gasteiger partial charge < -0.3 is 19.5 Å². The number of ether oxygens (including phenoxy) is 1. The molecule has 0 saturated carbocycles. The standard InChI is InChI=1S/C25H27ClN4O2S/c1-5-32-22(31)14-29-24(23(28-25(29)33)20-8-6-7-11-27-20)19-12-16(3)30(17(19)4)21-13-18(26)10-9-15(21)2/h6-13,23-24H,5,14H2,1-4H3,(H,28,33)/t23-,24+/m0/s1. The molecule has 0 aliphatic carbocycles. The summed E-state index contributed by atoms with van der Waals surface area (Å²) in [5.41, 5.74) is 6.21. The quantitative estimate of drug-likeness (QED) is 0.394. The van der Waals surface area contributed by atoms with Gasteiger partial charge >= 0.3 is 5.97 Å². The molecule has 2 aromatic heterocycles. The van der Waals surface area contributed by atoms with E-state index in [9.17, 15) is 4.79 Å². The molecule has 0 radical (unpaired) electrons. The van der Waals surface area contributed by atoms with Crippen LogP contribution in [0.15, 0.2) is 48.7 Å². The average Bonchev–Trinajstić information content (AvgIpc) is 3.26. The molecule has 3 aromatic rings. The number of carbonyl (C=O) groups excluding carboxylic acids is 1. The van der Waals surface area contributed by atoms with Crippen molar-refractivity contribution >= 4 is 34.9 Å². The summed E-state index contributed by atoms with van der Waals surface area (Å²) in [6, 6.07) is 13.4. The Labute approximate surface area is 204 Å². The van der Waals surface area contributed by atoms with Crippen LogP contribution in [0, 0.1) is 20.8 Å². The number of esters is 1. The number of nitrogens with one attached hydrogen (secondary N) is 1. The number of nitrogens with zero attached hydrogens (tertiary/aromatic N) is 3. The third kappa shape index (κ3) is 4.48. The van der Waals surface area contributed by atoms with Gasteiger partial charge in [0.25, 0.3) is 0 Å². The van der Waals surface area contributed by atoms with Crippen LogP contribution in [0.2, 0.25) is 5.02 Å². The molecule has 2 atom stereocenters. The van der Waals surface area contributed by atoms with Crippen molar-refractivity contribution < 1.29 is 9.53 Å². The third-order valence-corrected chi connectivity index (χ3v) is 6.59. The normalized spacial score (nSPS) is 17.8. The summed E-state index contributed by atoms with van der Waals surface area (Å²) in [6.45, 7) is 8.41. The highest BCUT2D eigenvalue weighted by atomic mass is 35.5. The minimum Gasteiger partial charge on any atom is -0.465 e. The fourth-order valence-corrected chi connectivity index (χ4v) is 5.01. The van der Waals surface area contributed by atoms with Crippen molar-refractivity contribution in [2.75, 3.05) is 13.2 Å². The van der Waals surface area contributed by atoms with Gasteiger partial charge in [-0.3, -0.25) is 9.78 Å². The summed E-state index contributed by atoms with van der Waals surface area (Å²) in [7, 11) is 0. The van der Waals surface area contributed by atoms with Crippen molar-refractivity contribution in [3.63, 3.8) is 0 Å². The molecule has 3 heterocycles. The molecule has 1 aliphatic heterocycles. The SMILES string of the molecule is CCOC(=O)CN1C(=S)N[C@@H](c2ccccn2)[C@H]1c1cc(C)n(-c2cc(Cl)ccc2C)c1C. The molecule has 4 rings (SSSR count). The van der Waals surface area contributed by atoms with Crippen molar-refractivity contribution in [2.45, 2.75) is 39.8 Å². The zero-order valence-corrected chi connectivity index (χ0v) is 20.7. The lowest BCUT2D eigenvalue weighted by Crippen LogP contribution is -2.35. The molecular weight excluding hydrogens is 456 g/mol. The predicted octanol–water partition coefficient (Wildman–Crippen LogP) is 4.99. The number of carbonyl (C=O) groups is 1. The molecule has 172 valence electrons. The van der Waals surface area contributed by atoms with Crippen LogP contribution in [0.4, 0.5) is 0 Å². The number of halogens is 1. The Bertz CT molecular complexity index is 1190. The third-order valence-electron chi connectivity index (χ3n) is 6.00. The summed E-state index contributed by atoms with van der Waals surface area (Å²) in [4.78, 5) is 18.9. The van der Waals surface area contributed by atoms with Gasteiger partial charge in [0.15, 0.2) is 5.11 Å². The molecule has 0 bridgehead atoms. The summed E-state index contributed by atoms with van der Waals surface area (Å²) in [6.07, 6.45) is 1.77. The molecule has 1 N–H and O–H groups in total. The fourth-order valence-electron chi connectivity index (χ4n) is 4.54. The van der Waals surface area contributed by atoms with E-state index in [-0.39, 0.29) is 24.6 Å². The van der Waals surface area contributed by atoms with E-state index in [0.29, 0.717) is 16.7 Å². The second-order valence-electron chi connectivity index (χ2n) is 8.15. The highest BCUT2D eigenvalue weighted by Gasteiger charge is 2.42. The molecule has 0 spiro atoms. The number of aryl methyl sites for hydroxylation is 2. The van der Waals surface area contributed by atoms with Crippen molar-refractivity contribution in [2.24, 2.45) is 0 Å². The van der Waals surface area contributed by atoms with Gasteiger partial charge in [-0.1, -0.05) is 23.7 Å². The van der Waals surface area contributed by atoms with Crippen molar-refractivity contribution in [1.82, 2.24) is 19.8 Å². The lowest BCUT2D eigenvalue weighted by atomic mass is 9.96. The largest absolute Gasteiger partial charge is 0.465 e. The molecule has 6 nitrogen and oxygen atoms in total. The van der Waals surface area contributed by atoms with Crippen LogP contribution < -0.4 is 5.32 Å². The Morgan fingerprint density at radius 1 is 1.21 bits per heavy atom. The van der Waals surface area contributed by atoms with E-state index in [4.69, 9.17) is 28.6 Å². The summed E-state index contributed by atoms with van der Waals surface area (Å²) < 4.78 is 7.44. The Morgan fingerprint density at radius 2 is 2.00 bits per heavy atom. The Balaban J connectivity index is 1.84. The molecule has 1 fully saturated rings. The van der Waals surface area contributed by atoms with Gasteiger partial charge in [-0.15, -0.1) is 0 Å². The van der Waals surface area contributed by atoms with Gasteiger partial charge in [0.05, 0.1) is 24.4 Å². The summed E-state index contributed by atoms with van der Waals surface area (Å²) >= 11 is 12.0. The Kier molecular flexibility index (Phi) is 6.72. The topological polar surface area (TPSA) is 59.4 Å². The number of hydrogen-bond acceptors (Lipinski definition) is 4. The van der Waals surface area contributed by atoms with Crippen LogP contribution in [0.3, 0.4) is 0 Å². The first-order valence-corrected chi connectivity index (χ1v) is 11.7. The van der Waals surface area contributed by atoms with Crippen LogP contribution in [0.1, 0.15) is 47.2 Å². The highest BCUT2D eigenvalue weighted by Crippen LogP contribution is 2.41. The van der Waals surface area contributed by atoms with E-state index >= 15 is 0 Å². The maximum atomic E-state index is 12.4. The molecular formula is C25H27ClN4O2S. The minimum atomic E-state index is -0.312. The molecule has 33 heavy (non-hydrogen) atoms. The number of aromatic nitrogens is 2. The van der Waals surface area contributed by atoms with Crippen molar-refractivity contribution in [3.05, 3.63) is 81.9 Å². The van der Waals surface area contributed by atoms with E-state index in [0.717, 1.165) is 33.9 Å². The van der Waals surface area contributed by atoms with E-state index in [1.165, 1.54) is 0 Å². The first-order chi connectivity index (χ1) is 15.8. The zero-order valence-electron chi connectivity index (χ0n) is 19.1. The number of rotatable bonds is 6. The average molecular weight is 483 g/mol. The van der Waals surface area contributed by atoms with Crippen LogP contribution in [0.25, 0.3) is 5.69 Å². The van der Waals surface area contributed by atoms with E-state index < -0.39 is 0 Å². The molecule has 1 aliphatic rings. The Hall–Kier alpha value is -2.90. The Morgan fingerprint density at radius 3 is 2.70 bits per heavy atom. The smallest absolute Gasteiger partial charge is 0.325 e. The van der Waals surface area contributed by atoms with Gasteiger partial charge in [-0.2, -0.15) is 0 Å². The van der Waals surface area contributed by atoms with Gasteiger partial charge in [-0.25, -0.2) is 0 Å². The number of benzene rings is 1. The highest BCUT2D eigenvalue weighted by molar-refractivity contribution is 7.80. The second kappa shape index (κ2) is 9.53. The van der Waals surface area contributed by atoms with Crippen LogP contribution in [-0.2, 0) is 9.53 Å². The summed E-state index contributed by atoms with van der Waals surface area (Å²) in [5, 5.41) is 4.58. The first kappa shape index (κ1) is 23.3. The summed E-state index contributed by atoms with van der Waals surface area (Å²) in [5.74, 6) is -0.312. The van der Waals surface area contributed by atoms with E-state index in [1.54, 1.807) is 13.1 Å². The monoisotopic (exact) mass is 482 g/mol.